The molecule has 0 radical (unpaired) electrons. The number of nitrogens with one attached hydrogen (secondary N) is 1. The number of likely N-dealkylation sites (tertiary alicyclic amines) is 1. The van der Waals surface area contributed by atoms with Crippen LogP contribution in [0, 0.1) is 0 Å². The molecule has 1 amide bonds. The van der Waals surface area contributed by atoms with E-state index in [9.17, 15) is 4.79 Å². The quantitative estimate of drug-likeness (QED) is 0.499. The van der Waals surface area contributed by atoms with E-state index in [2.05, 4.69) is 62.2 Å². The molecule has 1 saturated heterocycles. The molecule has 1 spiro atoms. The van der Waals surface area contributed by atoms with Crippen LogP contribution in [0.4, 0.5) is 5.69 Å². The summed E-state index contributed by atoms with van der Waals surface area (Å²) >= 11 is 7.55. The second kappa shape index (κ2) is 11.0. The Morgan fingerprint density at radius 3 is 2.44 bits per heavy atom. The van der Waals surface area contributed by atoms with Crippen LogP contribution >= 0.6 is 23.4 Å². The van der Waals surface area contributed by atoms with Crippen molar-refractivity contribution < 1.29 is 9.53 Å². The normalized spacial score (nSPS) is 17.6. The second-order valence-corrected chi connectivity index (χ2v) is 11.7. The third-order valence-electron chi connectivity index (χ3n) is 6.74. The summed E-state index contributed by atoms with van der Waals surface area (Å²) < 4.78 is 5.35. The highest BCUT2D eigenvalue weighted by atomic mass is 35.5. The summed E-state index contributed by atoms with van der Waals surface area (Å²) in [6, 6.07) is 13.8. The first-order valence-electron chi connectivity index (χ1n) is 12.4. The van der Waals surface area contributed by atoms with Gasteiger partial charge in [0.2, 0.25) is 5.91 Å². The number of halogens is 1. The Morgan fingerprint density at radius 1 is 1.14 bits per heavy atom. The number of ether oxygens (including phenoxy) is 1. The van der Waals surface area contributed by atoms with Gasteiger partial charge in [-0.2, -0.15) is 0 Å². The average Bonchev–Trinajstić information content (AvgIpc) is 3.21. The lowest BCUT2D eigenvalue weighted by Gasteiger charge is -2.34. The van der Waals surface area contributed by atoms with Gasteiger partial charge in [0.15, 0.2) is 5.66 Å². The number of nitrogens with zero attached hydrogens (tertiary/aromatic N) is 3. The molecule has 192 valence electrons. The van der Waals surface area contributed by atoms with Crippen LogP contribution in [0.15, 0.2) is 52.4 Å². The predicted octanol–water partition coefficient (Wildman–Crippen LogP) is 6.03. The van der Waals surface area contributed by atoms with Crippen LogP contribution in [0.2, 0.25) is 5.02 Å². The molecule has 2 aliphatic heterocycles. The Hall–Kier alpha value is -2.35. The van der Waals surface area contributed by atoms with Crippen LogP contribution in [-0.2, 0) is 10.2 Å². The van der Waals surface area contributed by atoms with Gasteiger partial charge in [0, 0.05) is 36.5 Å². The number of rotatable bonds is 6. The van der Waals surface area contributed by atoms with Crippen molar-refractivity contribution in [3.8, 4) is 5.75 Å². The molecule has 0 aromatic heterocycles. The van der Waals surface area contributed by atoms with E-state index in [0.29, 0.717) is 16.5 Å². The van der Waals surface area contributed by atoms with E-state index in [1.165, 1.54) is 17.3 Å². The zero-order valence-corrected chi connectivity index (χ0v) is 23.3. The minimum Gasteiger partial charge on any atom is -0.495 e. The van der Waals surface area contributed by atoms with Crippen LogP contribution in [-0.4, -0.2) is 59.7 Å². The highest BCUT2D eigenvalue weighted by Gasteiger charge is 2.39. The van der Waals surface area contributed by atoms with Gasteiger partial charge in [-0.3, -0.25) is 9.79 Å². The highest BCUT2D eigenvalue weighted by Crippen LogP contribution is 2.36. The number of benzene rings is 2. The summed E-state index contributed by atoms with van der Waals surface area (Å²) in [5.41, 5.74) is 3.41. The first kappa shape index (κ1) is 26.7. The molecule has 2 heterocycles. The number of carbonyl (C=O) groups excluding carboxylic acids is 1. The van der Waals surface area contributed by atoms with E-state index < -0.39 is 5.66 Å². The summed E-state index contributed by atoms with van der Waals surface area (Å²) in [6.45, 7) is 11.8. The van der Waals surface area contributed by atoms with E-state index in [0.717, 1.165) is 48.8 Å². The van der Waals surface area contributed by atoms with Crippen LogP contribution in [0.5, 0.6) is 5.75 Å². The molecule has 1 N–H and O–H groups in total. The lowest BCUT2D eigenvalue weighted by Crippen LogP contribution is -2.41. The van der Waals surface area contributed by atoms with Crippen LogP contribution in [0.3, 0.4) is 0 Å². The van der Waals surface area contributed by atoms with Gasteiger partial charge >= 0.3 is 0 Å². The fraction of sp³-hybridized carbons (Fsp3) is 0.464. The van der Waals surface area contributed by atoms with Crippen LogP contribution in [0.1, 0.15) is 51.7 Å². The van der Waals surface area contributed by atoms with Gasteiger partial charge in [-0.25, -0.2) is 4.99 Å². The Labute approximate surface area is 223 Å². The molecule has 2 aromatic rings. The van der Waals surface area contributed by atoms with E-state index in [1.807, 2.05) is 0 Å². The number of amides is 1. The van der Waals surface area contributed by atoms with E-state index in [4.69, 9.17) is 26.3 Å². The lowest BCUT2D eigenvalue weighted by atomic mass is 9.86. The van der Waals surface area contributed by atoms with Gasteiger partial charge in [0.25, 0.3) is 0 Å². The lowest BCUT2D eigenvalue weighted by molar-refractivity contribution is -0.113. The topological polar surface area (TPSA) is 66.3 Å². The molecule has 0 aliphatic carbocycles. The van der Waals surface area contributed by atoms with Gasteiger partial charge in [0.1, 0.15) is 10.8 Å². The summed E-state index contributed by atoms with van der Waals surface area (Å²) in [4.78, 5) is 25.6. The molecule has 36 heavy (non-hydrogen) atoms. The first-order valence-corrected chi connectivity index (χ1v) is 13.8. The number of piperidine rings is 1. The molecule has 2 aliphatic rings. The smallest absolute Gasteiger partial charge is 0.234 e. The molecule has 0 unspecified atom stereocenters. The van der Waals surface area contributed by atoms with Crippen molar-refractivity contribution in [1.29, 1.82) is 0 Å². The number of anilines is 1. The molecular weight excluding hydrogens is 492 g/mol. The Kier molecular flexibility index (Phi) is 8.12. The Morgan fingerprint density at radius 2 is 1.83 bits per heavy atom. The zero-order valence-electron chi connectivity index (χ0n) is 21.7. The van der Waals surface area contributed by atoms with Crippen molar-refractivity contribution in [3.05, 3.63) is 58.6 Å². The molecular formula is C28H35ClN4O2S. The largest absolute Gasteiger partial charge is 0.495 e. The summed E-state index contributed by atoms with van der Waals surface area (Å²) in [7, 11) is 1.57. The average molecular weight is 527 g/mol. The minimum absolute atomic E-state index is 0.0787. The van der Waals surface area contributed by atoms with Gasteiger partial charge in [0.05, 0.1) is 24.3 Å². The van der Waals surface area contributed by atoms with E-state index in [1.54, 1.807) is 25.3 Å². The first-order chi connectivity index (χ1) is 17.1. The maximum Gasteiger partial charge on any atom is 0.234 e. The fourth-order valence-electron chi connectivity index (χ4n) is 4.49. The second-order valence-electron chi connectivity index (χ2n) is 10.3. The number of hydrogen-bond acceptors (Lipinski definition) is 6. The van der Waals surface area contributed by atoms with Crippen LogP contribution < -0.4 is 10.1 Å². The van der Waals surface area contributed by atoms with Gasteiger partial charge in [-0.1, -0.05) is 75.3 Å². The SMILES string of the molecule is CCN1CCC2(CC1)N=C(SCC(=O)Nc1cc(Cl)ccc1OC)C(c1ccc(C(C)(C)C)cc1)=N2. The Bertz CT molecular complexity index is 1160. The molecule has 8 heteroatoms. The van der Waals surface area contributed by atoms with Crippen molar-refractivity contribution in [3.63, 3.8) is 0 Å². The van der Waals surface area contributed by atoms with Gasteiger partial charge in [-0.05, 0) is 35.7 Å². The predicted molar refractivity (Wildman–Crippen MR) is 152 cm³/mol. The van der Waals surface area contributed by atoms with Gasteiger partial charge in [-0.15, -0.1) is 0 Å². The van der Waals surface area contributed by atoms with E-state index >= 15 is 0 Å². The molecule has 6 nitrogen and oxygen atoms in total. The van der Waals surface area contributed by atoms with Crippen molar-refractivity contribution in [1.82, 2.24) is 4.90 Å². The molecule has 1 fully saturated rings. The van der Waals surface area contributed by atoms with E-state index in [-0.39, 0.29) is 17.1 Å². The van der Waals surface area contributed by atoms with Crippen molar-refractivity contribution in [2.45, 2.75) is 51.6 Å². The third-order valence-corrected chi connectivity index (χ3v) is 7.94. The fourth-order valence-corrected chi connectivity index (χ4v) is 5.54. The minimum atomic E-state index is -0.432. The zero-order chi connectivity index (χ0) is 25.9. The maximum absolute atomic E-state index is 12.9. The molecule has 0 atom stereocenters. The standard InChI is InChI=1S/C28H35ClN4O2S/c1-6-33-15-13-28(14-16-33)31-25(19-7-9-20(10-8-19)27(2,3)4)26(32-28)36-18-24(34)30-22-17-21(29)11-12-23(22)35-5/h7-12,17H,6,13-16,18H2,1-5H3,(H,30,34). The van der Waals surface area contributed by atoms with Crippen molar-refractivity contribution in [2.75, 3.05) is 37.8 Å². The van der Waals surface area contributed by atoms with Crippen molar-refractivity contribution in [2.24, 2.45) is 9.98 Å². The number of hydrogen-bond donors (Lipinski definition) is 1. The van der Waals surface area contributed by atoms with Gasteiger partial charge < -0.3 is 15.0 Å². The number of carbonyl (C=O) groups is 1. The van der Waals surface area contributed by atoms with Crippen molar-refractivity contribution >= 4 is 45.7 Å². The summed E-state index contributed by atoms with van der Waals surface area (Å²) in [5.74, 6) is 0.635. The molecule has 2 aromatic carbocycles. The molecule has 0 saturated carbocycles. The monoisotopic (exact) mass is 526 g/mol. The molecule has 0 bridgehead atoms. The third kappa shape index (κ3) is 6.13. The summed E-state index contributed by atoms with van der Waals surface area (Å²) in [6.07, 6.45) is 1.78. The maximum atomic E-state index is 12.9. The highest BCUT2D eigenvalue weighted by molar-refractivity contribution is 8.16. The Balaban J connectivity index is 1.54. The van der Waals surface area contributed by atoms with Crippen LogP contribution in [0.25, 0.3) is 0 Å². The summed E-state index contributed by atoms with van der Waals surface area (Å²) in [5, 5.41) is 4.28. The molecule has 4 rings (SSSR count). The number of aliphatic imine (C=N–C) groups is 2. The number of methoxy groups -OCH3 is 1. The number of thioether (sulfide) groups is 1.